The predicted molar refractivity (Wildman–Crippen MR) is 158 cm³/mol. The van der Waals surface area contributed by atoms with Crippen LogP contribution in [0, 0.1) is 29.1 Å². The maximum Gasteiger partial charge on any atom is 0.248 e. The van der Waals surface area contributed by atoms with Crippen molar-refractivity contribution in [2.24, 2.45) is 40.7 Å². The lowest BCUT2D eigenvalue weighted by atomic mass is 9.56. The maximum atomic E-state index is 14.4. The molecule has 0 saturated carbocycles. The number of carbonyl (C=O) groups excluding carboxylic acids is 3. The van der Waals surface area contributed by atoms with E-state index < -0.39 is 41.4 Å². The Kier molecular flexibility index (Phi) is 12.6. The van der Waals surface area contributed by atoms with E-state index in [2.05, 4.69) is 10.9 Å². The van der Waals surface area contributed by atoms with E-state index in [0.29, 0.717) is 32.3 Å². The molecule has 2 saturated heterocycles. The van der Waals surface area contributed by atoms with Crippen molar-refractivity contribution in [1.29, 1.82) is 0 Å². The number of ketones is 1. The Balaban J connectivity index is 2.20. The fraction of sp³-hybridized carbons (Fsp3) is 0.633. The van der Waals surface area contributed by atoms with Gasteiger partial charge >= 0.3 is 0 Å². The van der Waals surface area contributed by atoms with E-state index in [1.165, 1.54) is 0 Å². The number of hydrogen-bond donors (Lipinski definition) is 4. The van der Waals surface area contributed by atoms with Crippen LogP contribution in [0.3, 0.4) is 0 Å². The molecule has 1 aromatic carbocycles. The molecular weight excluding hydrogens is 528 g/mol. The van der Waals surface area contributed by atoms with Crippen molar-refractivity contribution in [1.82, 2.24) is 10.9 Å². The second-order valence-corrected chi connectivity index (χ2v) is 12.5. The smallest absolute Gasteiger partial charge is 0.248 e. The summed E-state index contributed by atoms with van der Waals surface area (Å²) in [6, 6.07) is 8.75. The number of benzene rings is 1. The molecule has 2 aliphatic heterocycles. The van der Waals surface area contributed by atoms with Crippen LogP contribution in [-0.4, -0.2) is 48.0 Å². The van der Waals surface area contributed by atoms with E-state index in [0.717, 1.165) is 29.9 Å². The van der Waals surface area contributed by atoms with Crippen LogP contribution in [0.1, 0.15) is 64.9 Å². The van der Waals surface area contributed by atoms with Gasteiger partial charge in [-0.1, -0.05) is 56.3 Å². The van der Waals surface area contributed by atoms with Crippen molar-refractivity contribution in [3.8, 4) is 0 Å². The molecule has 6 N–H and O–H groups in total. The van der Waals surface area contributed by atoms with Gasteiger partial charge in [0.15, 0.2) is 12.1 Å². The third-order valence-electron chi connectivity index (χ3n) is 7.92. The quantitative estimate of drug-likeness (QED) is 0.159. The molecule has 2 aliphatic rings. The third kappa shape index (κ3) is 8.16. The zero-order chi connectivity index (χ0) is 29.1. The lowest BCUT2D eigenvalue weighted by Gasteiger charge is -2.47. The summed E-state index contributed by atoms with van der Waals surface area (Å²) in [6.45, 7) is 6.14. The Morgan fingerprint density at radius 2 is 1.80 bits per heavy atom. The van der Waals surface area contributed by atoms with Gasteiger partial charge in [0.1, 0.15) is 0 Å². The molecule has 2 fully saturated rings. The lowest BCUT2D eigenvalue weighted by Crippen LogP contribution is -2.59. The average Bonchev–Trinajstić information content (AvgIpc) is 2.97. The van der Waals surface area contributed by atoms with Gasteiger partial charge in [0, 0.05) is 13.0 Å². The molecule has 9 nitrogen and oxygen atoms in total. The van der Waals surface area contributed by atoms with Gasteiger partial charge in [-0.05, 0) is 67.9 Å². The molecule has 1 aromatic rings. The predicted octanol–water partition coefficient (Wildman–Crippen LogP) is 3.59. The molecular formula is C30H46N4O5S. The number of nitrogens with one attached hydrogen (secondary N) is 2. The first-order chi connectivity index (χ1) is 19.2. The molecule has 0 bridgehead atoms. The molecule has 0 radical (unpaired) electrons. The minimum atomic E-state index is -1.38. The van der Waals surface area contributed by atoms with Crippen LogP contribution in [0.2, 0.25) is 0 Å². The Morgan fingerprint density at radius 1 is 1.10 bits per heavy atom. The van der Waals surface area contributed by atoms with E-state index in [1.54, 1.807) is 6.92 Å². The number of hydroxylamine groups is 1. The van der Waals surface area contributed by atoms with Crippen LogP contribution in [0.4, 0.5) is 0 Å². The average molecular weight is 575 g/mol. The van der Waals surface area contributed by atoms with E-state index >= 15 is 0 Å². The van der Waals surface area contributed by atoms with E-state index in [-0.39, 0.29) is 17.6 Å². The Morgan fingerprint density at radius 3 is 2.38 bits per heavy atom. The minimum Gasteiger partial charge on any atom is -0.350 e. The first-order valence-electron chi connectivity index (χ1n) is 14.4. The molecule has 10 heteroatoms. The summed E-state index contributed by atoms with van der Waals surface area (Å²) < 4.78 is 5.65. The highest BCUT2D eigenvalue weighted by Crippen LogP contribution is 2.50. The highest BCUT2D eigenvalue weighted by atomic mass is 32.2. The van der Waals surface area contributed by atoms with Gasteiger partial charge in [-0.15, -0.1) is 0 Å². The van der Waals surface area contributed by atoms with Gasteiger partial charge in [0.25, 0.3) is 0 Å². The van der Waals surface area contributed by atoms with Crippen molar-refractivity contribution in [2.45, 2.75) is 71.6 Å². The largest absolute Gasteiger partial charge is 0.350 e. The summed E-state index contributed by atoms with van der Waals surface area (Å²) in [4.78, 5) is 47.9. The first-order valence-corrected chi connectivity index (χ1v) is 15.6. The zero-order valence-corrected chi connectivity index (χ0v) is 24.8. The Bertz CT molecular complexity index is 993. The number of hydrazine groups is 1. The summed E-state index contributed by atoms with van der Waals surface area (Å²) in [7, 11) is 0. The van der Waals surface area contributed by atoms with E-state index in [9.17, 15) is 14.4 Å². The Hall–Kier alpha value is -2.24. The Labute approximate surface area is 242 Å². The van der Waals surface area contributed by atoms with Gasteiger partial charge in [-0.25, -0.2) is 16.2 Å². The highest BCUT2D eigenvalue weighted by molar-refractivity contribution is 7.99. The summed E-state index contributed by atoms with van der Waals surface area (Å²) in [5.41, 5.74) is 10.7. The van der Waals surface area contributed by atoms with Crippen LogP contribution >= 0.6 is 11.8 Å². The molecule has 0 aliphatic carbocycles. The number of allylic oxidation sites excluding steroid dienone is 1. The fourth-order valence-electron chi connectivity index (χ4n) is 6.03. The third-order valence-corrected chi connectivity index (χ3v) is 8.97. The second-order valence-electron chi connectivity index (χ2n) is 11.3. The molecule has 5 atom stereocenters. The molecule has 0 spiro atoms. The number of nitrogens with two attached hydrogens (primary N) is 2. The number of amides is 2. The molecule has 2 unspecified atom stereocenters. The number of hydrogen-bond acceptors (Lipinski definition) is 8. The van der Waals surface area contributed by atoms with E-state index in [1.807, 2.05) is 68.1 Å². The van der Waals surface area contributed by atoms with Crippen molar-refractivity contribution in [3.05, 3.63) is 42.0 Å². The van der Waals surface area contributed by atoms with Crippen molar-refractivity contribution < 1.29 is 24.0 Å². The van der Waals surface area contributed by atoms with Crippen LogP contribution in [0.5, 0.6) is 0 Å². The van der Waals surface area contributed by atoms with Crippen molar-refractivity contribution in [2.75, 3.05) is 18.1 Å². The van der Waals surface area contributed by atoms with Gasteiger partial charge in [-0.3, -0.25) is 19.8 Å². The summed E-state index contributed by atoms with van der Waals surface area (Å²) in [6.07, 6.45) is 7.37. The fourth-order valence-corrected chi connectivity index (χ4v) is 7.14. The molecule has 3 rings (SSSR count). The molecule has 0 aromatic heterocycles. The SMILES string of the molecule is CC(C)C[C@H](C(=O)NN)[C@@H](C(=O)NOC1CCCCO1)C(/C=C/c1ccccc1)(C(=O)[C@@H](C)N)C1CCSCC1. The van der Waals surface area contributed by atoms with Crippen molar-refractivity contribution in [3.63, 3.8) is 0 Å². The lowest BCUT2D eigenvalue weighted by molar-refractivity contribution is -0.205. The zero-order valence-electron chi connectivity index (χ0n) is 24.0. The number of ether oxygens (including phenoxy) is 1. The highest BCUT2D eigenvalue weighted by Gasteiger charge is 2.57. The standard InChI is InChI=1S/C30H46N4O5S/c1-20(2)19-24(28(36)33-32)26(29(37)34-39-25-11-7-8-16-38-25)30(27(35)21(3)31,23-13-17-40-18-14-23)15-12-22-9-5-4-6-10-22/h4-6,9-10,12,15,20-21,23-26H,7-8,11,13-14,16-19,31-32H2,1-3H3,(H,33,36)(H,34,37)/b15-12+/t21-,24+,25?,26+,30?/m1/s1. The molecule has 40 heavy (non-hydrogen) atoms. The van der Waals surface area contributed by atoms with E-state index in [4.69, 9.17) is 21.2 Å². The number of thioether (sulfide) groups is 1. The molecule has 2 amide bonds. The maximum absolute atomic E-state index is 14.4. The molecule has 2 heterocycles. The van der Waals surface area contributed by atoms with Crippen LogP contribution in [0.15, 0.2) is 36.4 Å². The second kappa shape index (κ2) is 15.7. The van der Waals surface area contributed by atoms with Crippen LogP contribution in [0.25, 0.3) is 6.08 Å². The number of Topliss-reactive ketones (excluding diaryl/α,β-unsaturated/α-hetero) is 1. The molecule has 222 valence electrons. The number of rotatable bonds is 13. The first kappa shape index (κ1) is 32.3. The van der Waals surface area contributed by atoms with Crippen molar-refractivity contribution >= 4 is 35.4 Å². The summed E-state index contributed by atoms with van der Waals surface area (Å²) in [5.74, 6) is 3.87. The monoisotopic (exact) mass is 574 g/mol. The van der Waals surface area contributed by atoms with Crippen LogP contribution in [-0.2, 0) is 24.0 Å². The summed E-state index contributed by atoms with van der Waals surface area (Å²) in [5, 5.41) is 0. The minimum absolute atomic E-state index is 0.0447. The van der Waals surface area contributed by atoms with Gasteiger partial charge < -0.3 is 10.5 Å². The topological polar surface area (TPSA) is 146 Å². The normalized spacial score (nSPS) is 22.3. The number of carbonyl (C=O) groups is 3. The summed E-state index contributed by atoms with van der Waals surface area (Å²) >= 11 is 1.82. The van der Waals surface area contributed by atoms with Gasteiger partial charge in [0.2, 0.25) is 11.8 Å². The van der Waals surface area contributed by atoms with Crippen LogP contribution < -0.4 is 22.5 Å². The van der Waals surface area contributed by atoms with Gasteiger partial charge in [0.05, 0.1) is 23.3 Å². The van der Waals surface area contributed by atoms with Gasteiger partial charge in [-0.2, -0.15) is 11.8 Å².